The van der Waals surface area contributed by atoms with Gasteiger partial charge in [-0.2, -0.15) is 0 Å². The lowest BCUT2D eigenvalue weighted by Gasteiger charge is -2.35. The fourth-order valence-electron chi connectivity index (χ4n) is 12.1. The Bertz CT molecular complexity index is 3720. The predicted octanol–water partition coefficient (Wildman–Crippen LogP) is 17.5. The normalized spacial score (nSPS) is 17.4. The number of fused-ring (bicyclic) bond motifs is 10. The smallest absolute Gasteiger partial charge is 0.0546 e. The van der Waals surface area contributed by atoms with E-state index in [2.05, 4.69) is 236 Å². The van der Waals surface area contributed by atoms with Crippen LogP contribution in [0.4, 0.5) is 0 Å². The van der Waals surface area contributed by atoms with Crippen molar-refractivity contribution in [3.63, 3.8) is 0 Å². The molecular formula is C65H56N2. The molecule has 10 aromatic rings. The molecular weight excluding hydrogens is 809 g/mol. The van der Waals surface area contributed by atoms with Gasteiger partial charge in [0, 0.05) is 38.7 Å². The molecule has 0 N–H and O–H groups in total. The molecule has 3 aliphatic rings. The molecule has 3 unspecified atom stereocenters. The van der Waals surface area contributed by atoms with Crippen LogP contribution in [0.5, 0.6) is 0 Å². The van der Waals surface area contributed by atoms with Gasteiger partial charge in [-0.25, -0.2) is 0 Å². The van der Waals surface area contributed by atoms with E-state index in [0.29, 0.717) is 17.8 Å². The van der Waals surface area contributed by atoms with Crippen LogP contribution in [0.25, 0.3) is 88.0 Å². The zero-order valence-electron chi connectivity index (χ0n) is 39.2. The second kappa shape index (κ2) is 16.2. The number of rotatable bonds is 6. The van der Waals surface area contributed by atoms with Crippen LogP contribution in [0, 0.1) is 18.8 Å². The first kappa shape index (κ1) is 41.0. The number of aromatic nitrogens is 2. The SMILES string of the molecule is CC.Cc1cc2c3ccccc3n(-c3cc(-c4ccc5c(c4)c4ccccc4n5-c4cccc5c4CC4C=CC=CC54)ccc3-c3cccc4ccccc34)c2cc1C(C)(C)C1C=CC=CC1. The Balaban J connectivity index is 0.00000231. The number of aryl methyl sites for hydroxylation is 1. The van der Waals surface area contributed by atoms with E-state index in [4.69, 9.17) is 0 Å². The van der Waals surface area contributed by atoms with Gasteiger partial charge in [-0.3, -0.25) is 0 Å². The number of allylic oxidation sites excluding steroid dienone is 8. The minimum Gasteiger partial charge on any atom is -0.309 e. The van der Waals surface area contributed by atoms with Gasteiger partial charge in [0.25, 0.3) is 0 Å². The largest absolute Gasteiger partial charge is 0.309 e. The molecule has 3 atom stereocenters. The van der Waals surface area contributed by atoms with Gasteiger partial charge in [0.1, 0.15) is 0 Å². The van der Waals surface area contributed by atoms with Crippen molar-refractivity contribution in [3.8, 4) is 33.6 Å². The maximum atomic E-state index is 2.57. The zero-order chi connectivity index (χ0) is 45.4. The summed E-state index contributed by atoms with van der Waals surface area (Å²) >= 11 is 0. The number of hydrogen-bond donors (Lipinski definition) is 0. The first-order valence-electron chi connectivity index (χ1n) is 24.4. The molecule has 0 spiro atoms. The van der Waals surface area contributed by atoms with Crippen LogP contribution in [0.1, 0.15) is 62.3 Å². The molecule has 2 heteroatoms. The van der Waals surface area contributed by atoms with Crippen LogP contribution in [0.15, 0.2) is 206 Å². The van der Waals surface area contributed by atoms with E-state index in [1.807, 2.05) is 13.8 Å². The van der Waals surface area contributed by atoms with Crippen molar-refractivity contribution < 1.29 is 0 Å². The summed E-state index contributed by atoms with van der Waals surface area (Å²) in [5.41, 5.74) is 17.9. The van der Waals surface area contributed by atoms with E-state index in [9.17, 15) is 0 Å². The Labute approximate surface area is 394 Å². The van der Waals surface area contributed by atoms with E-state index >= 15 is 0 Å². The molecule has 2 nitrogen and oxygen atoms in total. The second-order valence-electron chi connectivity index (χ2n) is 19.3. The summed E-state index contributed by atoms with van der Waals surface area (Å²) in [4.78, 5) is 0. The van der Waals surface area contributed by atoms with Gasteiger partial charge in [-0.05, 0) is 135 Å². The number of hydrogen-bond acceptors (Lipinski definition) is 0. The molecule has 0 bridgehead atoms. The Morgan fingerprint density at radius 3 is 1.93 bits per heavy atom. The number of para-hydroxylation sites is 2. The average Bonchev–Trinajstić information content (AvgIpc) is 4.04. The Morgan fingerprint density at radius 1 is 0.493 bits per heavy atom. The molecule has 13 rings (SSSR count). The maximum Gasteiger partial charge on any atom is 0.0546 e. The molecule has 0 aliphatic heterocycles. The second-order valence-corrected chi connectivity index (χ2v) is 19.3. The van der Waals surface area contributed by atoms with Crippen LogP contribution in [-0.2, 0) is 11.8 Å². The summed E-state index contributed by atoms with van der Waals surface area (Å²) in [6, 6.07) is 59.9. The molecule has 8 aromatic carbocycles. The molecule has 0 saturated carbocycles. The fraction of sp³-hybridized carbons (Fsp3) is 0.169. The molecule has 2 heterocycles. The standard InChI is InChI=1S/C63H50N2.C2H6/c1-40-35-53-50-24-11-14-29-58(50)65(62(53)39-56(40)63(2,3)45-20-5-4-6-21-45)61-38-43(31-33-52(61)48-26-15-19-41-17-7-9-22-46(41)48)42-32-34-60-55(36-42)51-25-12-13-28-57(51)64(60)59-30-16-27-49-47-23-10-8-18-44(47)37-54(49)59;1-2/h4-20,22-36,38-39,44-45,47H,21,37H2,1-3H3;1-2H3. The van der Waals surface area contributed by atoms with Crippen molar-refractivity contribution in [2.45, 2.75) is 58.8 Å². The Hall–Kier alpha value is -7.42. The lowest BCUT2D eigenvalue weighted by atomic mass is 9.69. The van der Waals surface area contributed by atoms with Crippen LogP contribution < -0.4 is 0 Å². The van der Waals surface area contributed by atoms with Gasteiger partial charge in [0.2, 0.25) is 0 Å². The van der Waals surface area contributed by atoms with Crippen molar-refractivity contribution in [2.75, 3.05) is 0 Å². The molecule has 2 aromatic heterocycles. The topological polar surface area (TPSA) is 9.86 Å². The van der Waals surface area contributed by atoms with Gasteiger partial charge >= 0.3 is 0 Å². The maximum absolute atomic E-state index is 2.57. The summed E-state index contributed by atoms with van der Waals surface area (Å²) in [6.07, 6.45) is 20.5. The van der Waals surface area contributed by atoms with Crippen molar-refractivity contribution in [2.24, 2.45) is 11.8 Å². The minimum atomic E-state index is -0.0676. The summed E-state index contributed by atoms with van der Waals surface area (Å²) < 4.78 is 5.11. The third-order valence-electron chi connectivity index (χ3n) is 15.4. The highest BCUT2D eigenvalue weighted by Crippen LogP contribution is 2.47. The Morgan fingerprint density at radius 2 is 1.13 bits per heavy atom. The van der Waals surface area contributed by atoms with Gasteiger partial charge in [0.05, 0.1) is 27.8 Å². The first-order chi connectivity index (χ1) is 32.9. The third kappa shape index (κ3) is 6.44. The molecule has 0 fully saturated rings. The molecule has 0 radical (unpaired) electrons. The summed E-state index contributed by atoms with van der Waals surface area (Å²) in [5.74, 6) is 1.38. The summed E-state index contributed by atoms with van der Waals surface area (Å²) in [7, 11) is 0. The van der Waals surface area contributed by atoms with Gasteiger partial charge in [-0.15, -0.1) is 0 Å². The van der Waals surface area contributed by atoms with Crippen LogP contribution in [-0.4, -0.2) is 9.13 Å². The van der Waals surface area contributed by atoms with Gasteiger partial charge < -0.3 is 9.13 Å². The highest BCUT2D eigenvalue weighted by atomic mass is 15.0. The quantitative estimate of drug-likeness (QED) is 0.158. The molecule has 0 amide bonds. The lowest BCUT2D eigenvalue weighted by molar-refractivity contribution is 0.381. The van der Waals surface area contributed by atoms with Gasteiger partial charge in [-0.1, -0.05) is 185 Å². The minimum absolute atomic E-state index is 0.0676. The van der Waals surface area contributed by atoms with E-state index < -0.39 is 0 Å². The monoisotopic (exact) mass is 864 g/mol. The Kier molecular flexibility index (Phi) is 9.91. The zero-order valence-corrected chi connectivity index (χ0v) is 39.2. The van der Waals surface area contributed by atoms with Crippen molar-refractivity contribution in [3.05, 3.63) is 229 Å². The lowest BCUT2D eigenvalue weighted by Crippen LogP contribution is -2.28. The predicted molar refractivity (Wildman–Crippen MR) is 287 cm³/mol. The summed E-state index contributed by atoms with van der Waals surface area (Å²) in [5, 5.41) is 7.62. The van der Waals surface area contributed by atoms with Crippen molar-refractivity contribution >= 4 is 54.4 Å². The average molecular weight is 865 g/mol. The molecule has 0 saturated heterocycles. The van der Waals surface area contributed by atoms with Gasteiger partial charge in [0.15, 0.2) is 0 Å². The van der Waals surface area contributed by atoms with Crippen LogP contribution >= 0.6 is 0 Å². The van der Waals surface area contributed by atoms with Crippen LogP contribution in [0.3, 0.4) is 0 Å². The van der Waals surface area contributed by atoms with Crippen molar-refractivity contribution in [1.82, 2.24) is 9.13 Å². The van der Waals surface area contributed by atoms with E-state index in [-0.39, 0.29) is 5.41 Å². The number of nitrogens with zero attached hydrogens (tertiary/aromatic N) is 2. The molecule has 67 heavy (non-hydrogen) atoms. The highest BCUT2D eigenvalue weighted by Gasteiger charge is 2.34. The molecule has 3 aliphatic carbocycles. The molecule has 326 valence electrons. The van der Waals surface area contributed by atoms with E-state index in [1.165, 1.54) is 110 Å². The number of benzene rings is 8. The van der Waals surface area contributed by atoms with E-state index in [0.717, 1.165) is 12.8 Å². The summed E-state index contributed by atoms with van der Waals surface area (Å²) in [6.45, 7) is 11.2. The fourth-order valence-corrected chi connectivity index (χ4v) is 12.1. The highest BCUT2D eigenvalue weighted by molar-refractivity contribution is 6.12. The first-order valence-corrected chi connectivity index (χ1v) is 24.4. The van der Waals surface area contributed by atoms with E-state index in [1.54, 1.807) is 0 Å². The van der Waals surface area contributed by atoms with Crippen LogP contribution in [0.2, 0.25) is 0 Å². The van der Waals surface area contributed by atoms with Crippen molar-refractivity contribution in [1.29, 1.82) is 0 Å². The third-order valence-corrected chi connectivity index (χ3v) is 15.4.